The normalized spacial score (nSPS) is 17.4. The Balaban J connectivity index is 0.000000182. The van der Waals surface area contributed by atoms with Crippen molar-refractivity contribution in [2.24, 2.45) is 11.1 Å². The summed E-state index contributed by atoms with van der Waals surface area (Å²) in [5.74, 6) is 1.26. The Kier molecular flexibility index (Phi) is 8.90. The average molecular weight is 450 g/mol. The van der Waals surface area contributed by atoms with Gasteiger partial charge in [-0.1, -0.05) is 77.4 Å². The maximum atomic E-state index is 8.58. The Labute approximate surface area is 196 Å². The summed E-state index contributed by atoms with van der Waals surface area (Å²) in [7, 11) is 0. The van der Waals surface area contributed by atoms with Crippen molar-refractivity contribution in [3.63, 3.8) is 0 Å². The van der Waals surface area contributed by atoms with Crippen LogP contribution in [0, 0.1) is 19.8 Å². The summed E-state index contributed by atoms with van der Waals surface area (Å²) < 4.78 is 5.77. The molecule has 0 amide bonds. The first-order valence-corrected chi connectivity index (χ1v) is 11.5. The van der Waals surface area contributed by atoms with E-state index in [0.29, 0.717) is 25.0 Å². The van der Waals surface area contributed by atoms with Crippen LogP contribution >= 0.6 is 11.6 Å². The molecule has 0 heterocycles. The van der Waals surface area contributed by atoms with Crippen molar-refractivity contribution >= 4 is 17.3 Å². The number of hydrogen-bond acceptors (Lipinski definition) is 3. The number of rotatable bonds is 7. The Hall–Kier alpha value is -2.62. The van der Waals surface area contributed by atoms with E-state index in [1.54, 1.807) is 0 Å². The highest BCUT2D eigenvalue weighted by molar-refractivity contribution is 6.30. The van der Waals surface area contributed by atoms with E-state index >= 15 is 0 Å². The van der Waals surface area contributed by atoms with E-state index in [2.05, 4.69) is 79.7 Å². The summed E-state index contributed by atoms with van der Waals surface area (Å²) in [4.78, 5) is 0. The van der Waals surface area contributed by atoms with E-state index in [0.717, 1.165) is 17.2 Å². The van der Waals surface area contributed by atoms with Crippen LogP contribution in [-0.2, 0) is 18.0 Å². The smallest absolute Gasteiger partial charge is 0.0724 e. The number of oxime groups is 1. The molecule has 1 N–H and O–H groups in total. The van der Waals surface area contributed by atoms with E-state index in [4.69, 9.17) is 21.5 Å². The second-order valence-corrected chi connectivity index (χ2v) is 8.98. The van der Waals surface area contributed by atoms with Crippen molar-refractivity contribution in [1.82, 2.24) is 0 Å². The van der Waals surface area contributed by atoms with Crippen LogP contribution in [-0.4, -0.2) is 10.9 Å². The largest absolute Gasteiger partial charge is 0.411 e. The molecule has 4 rings (SSSR count). The minimum absolute atomic E-state index is 0.624. The highest BCUT2D eigenvalue weighted by Crippen LogP contribution is 2.49. The zero-order chi connectivity index (χ0) is 22.9. The molecule has 0 aliphatic heterocycles. The molecule has 3 nitrogen and oxygen atoms in total. The van der Waals surface area contributed by atoms with E-state index in [1.807, 2.05) is 19.1 Å². The summed E-state index contributed by atoms with van der Waals surface area (Å²) in [5.41, 5.74) is 7.27. The molecule has 1 saturated carbocycles. The second kappa shape index (κ2) is 11.8. The fourth-order valence-electron chi connectivity index (χ4n) is 3.83. The Morgan fingerprint density at radius 3 is 1.94 bits per heavy atom. The van der Waals surface area contributed by atoms with Gasteiger partial charge in [-0.2, -0.15) is 0 Å². The number of aryl methyl sites for hydroxylation is 2. The van der Waals surface area contributed by atoms with Crippen LogP contribution in [0.4, 0.5) is 0 Å². The summed E-state index contributed by atoms with van der Waals surface area (Å²) in [6.07, 6.45) is 2.08. The molecule has 0 saturated heterocycles. The lowest BCUT2D eigenvalue weighted by atomic mass is 10.1. The predicted octanol–water partition coefficient (Wildman–Crippen LogP) is 7.70. The molecule has 0 aromatic heterocycles. The number of halogens is 1. The molecule has 168 valence electrons. The van der Waals surface area contributed by atoms with Crippen LogP contribution in [0.2, 0.25) is 5.02 Å². The van der Waals surface area contributed by atoms with Crippen LogP contribution in [0.15, 0.2) is 78.0 Å². The van der Waals surface area contributed by atoms with Gasteiger partial charge < -0.3 is 9.94 Å². The van der Waals surface area contributed by atoms with Gasteiger partial charge in [0.15, 0.2) is 0 Å². The minimum Gasteiger partial charge on any atom is -0.411 e. The molecule has 3 aromatic carbocycles. The SMILES string of the molecule is C/C(CC1CC1c1ccc(Cl)cc1)=N\O.Cc1ccccc1COCc1ccccc1C. The molecular formula is C28H32ClNO2. The van der Waals surface area contributed by atoms with Crippen LogP contribution in [0.25, 0.3) is 0 Å². The molecule has 4 heteroatoms. The summed E-state index contributed by atoms with van der Waals surface area (Å²) in [6, 6.07) is 24.7. The van der Waals surface area contributed by atoms with Crippen molar-refractivity contribution in [3.05, 3.63) is 106 Å². The molecule has 0 radical (unpaired) electrons. The van der Waals surface area contributed by atoms with Crippen LogP contribution in [0.1, 0.15) is 53.5 Å². The first-order chi connectivity index (χ1) is 15.5. The van der Waals surface area contributed by atoms with E-state index in [9.17, 15) is 0 Å². The third-order valence-corrected chi connectivity index (χ3v) is 6.24. The molecule has 2 atom stereocenters. The van der Waals surface area contributed by atoms with Gasteiger partial charge in [0.2, 0.25) is 0 Å². The molecule has 0 bridgehead atoms. The predicted molar refractivity (Wildman–Crippen MR) is 133 cm³/mol. The first-order valence-electron chi connectivity index (χ1n) is 11.1. The molecule has 0 spiro atoms. The van der Waals surface area contributed by atoms with E-state index in [-0.39, 0.29) is 0 Å². The fraction of sp³-hybridized carbons (Fsp3) is 0.321. The fourth-order valence-corrected chi connectivity index (χ4v) is 3.95. The van der Waals surface area contributed by atoms with Gasteiger partial charge in [0.05, 0.1) is 18.9 Å². The molecule has 3 aromatic rings. The van der Waals surface area contributed by atoms with Gasteiger partial charge in [0, 0.05) is 5.02 Å². The zero-order valence-corrected chi connectivity index (χ0v) is 19.8. The topological polar surface area (TPSA) is 41.8 Å². The zero-order valence-electron chi connectivity index (χ0n) is 19.1. The van der Waals surface area contributed by atoms with Gasteiger partial charge in [0.25, 0.3) is 0 Å². The molecule has 1 fully saturated rings. The van der Waals surface area contributed by atoms with Gasteiger partial charge in [-0.25, -0.2) is 0 Å². The molecule has 2 unspecified atom stereocenters. The van der Waals surface area contributed by atoms with E-state index in [1.165, 1.54) is 34.2 Å². The van der Waals surface area contributed by atoms with Crippen molar-refractivity contribution in [2.45, 2.75) is 52.7 Å². The Morgan fingerprint density at radius 1 is 0.906 bits per heavy atom. The van der Waals surface area contributed by atoms with Crippen molar-refractivity contribution in [1.29, 1.82) is 0 Å². The lowest BCUT2D eigenvalue weighted by Gasteiger charge is -2.08. The average Bonchev–Trinajstić information content (AvgIpc) is 3.56. The summed E-state index contributed by atoms with van der Waals surface area (Å²) in [5, 5.41) is 12.6. The monoisotopic (exact) mass is 449 g/mol. The Bertz CT molecular complexity index is 984. The molecule has 1 aliphatic carbocycles. The van der Waals surface area contributed by atoms with Crippen LogP contribution in [0.5, 0.6) is 0 Å². The summed E-state index contributed by atoms with van der Waals surface area (Å²) >= 11 is 5.83. The Morgan fingerprint density at radius 2 is 1.44 bits per heavy atom. The third-order valence-electron chi connectivity index (χ3n) is 5.99. The van der Waals surface area contributed by atoms with Crippen molar-refractivity contribution < 1.29 is 9.94 Å². The minimum atomic E-state index is 0.624. The number of benzene rings is 3. The van der Waals surface area contributed by atoms with E-state index < -0.39 is 0 Å². The molecule has 32 heavy (non-hydrogen) atoms. The van der Waals surface area contributed by atoms with Gasteiger partial charge in [-0.05, 0) is 85.4 Å². The van der Waals surface area contributed by atoms with Crippen LogP contribution in [0.3, 0.4) is 0 Å². The van der Waals surface area contributed by atoms with Gasteiger partial charge in [-0.3, -0.25) is 0 Å². The van der Waals surface area contributed by atoms with Gasteiger partial charge in [-0.15, -0.1) is 0 Å². The maximum Gasteiger partial charge on any atom is 0.0724 e. The first kappa shape index (κ1) is 24.0. The highest BCUT2D eigenvalue weighted by Gasteiger charge is 2.38. The molecular weight excluding hydrogens is 418 g/mol. The number of ether oxygens (including phenoxy) is 1. The lowest BCUT2D eigenvalue weighted by Crippen LogP contribution is -1.97. The van der Waals surface area contributed by atoms with Crippen molar-refractivity contribution in [3.8, 4) is 0 Å². The molecule has 1 aliphatic rings. The maximum absolute atomic E-state index is 8.58. The second-order valence-electron chi connectivity index (χ2n) is 8.54. The number of nitrogens with zero attached hydrogens (tertiary/aromatic N) is 1. The summed E-state index contributed by atoms with van der Waals surface area (Å²) in [6.45, 7) is 7.46. The van der Waals surface area contributed by atoms with Crippen LogP contribution < -0.4 is 0 Å². The van der Waals surface area contributed by atoms with Gasteiger partial charge >= 0.3 is 0 Å². The lowest BCUT2D eigenvalue weighted by molar-refractivity contribution is 0.106. The quantitative estimate of drug-likeness (QED) is 0.228. The highest BCUT2D eigenvalue weighted by atomic mass is 35.5. The third kappa shape index (κ3) is 7.22. The standard InChI is InChI=1S/C16H18O.C12H14ClNO/c1-13-7-3-5-9-15(13)11-17-12-16-10-6-4-8-14(16)2;1-8(14-15)6-10-7-12(10)9-2-4-11(13)5-3-9/h3-10H,11-12H2,1-2H3;2-5,10,12,15H,6-7H2,1H3/b;14-8+. The number of hydrogen-bond donors (Lipinski definition) is 1. The van der Waals surface area contributed by atoms with Crippen molar-refractivity contribution in [2.75, 3.05) is 0 Å². The van der Waals surface area contributed by atoms with Gasteiger partial charge in [0.1, 0.15) is 0 Å².